The van der Waals surface area contributed by atoms with Crippen molar-refractivity contribution in [2.24, 2.45) is 0 Å². The van der Waals surface area contributed by atoms with Crippen LogP contribution in [0.5, 0.6) is 0 Å². The molecule has 0 saturated carbocycles. The van der Waals surface area contributed by atoms with Gasteiger partial charge in [-0.25, -0.2) is 9.97 Å². The van der Waals surface area contributed by atoms with Crippen molar-refractivity contribution in [3.8, 4) is 0 Å². The van der Waals surface area contributed by atoms with Crippen LogP contribution in [0.1, 0.15) is 17.4 Å². The highest BCUT2D eigenvalue weighted by Gasteiger charge is 2.09. The van der Waals surface area contributed by atoms with E-state index < -0.39 is 0 Å². The van der Waals surface area contributed by atoms with E-state index in [2.05, 4.69) is 30.2 Å². The van der Waals surface area contributed by atoms with Crippen LogP contribution in [0.15, 0.2) is 18.6 Å². The highest BCUT2D eigenvalue weighted by molar-refractivity contribution is 7.10. The Morgan fingerprint density at radius 3 is 2.82 bits per heavy atom. The van der Waals surface area contributed by atoms with Crippen molar-refractivity contribution in [3.63, 3.8) is 0 Å². The van der Waals surface area contributed by atoms with E-state index in [-0.39, 0.29) is 11.6 Å². The van der Waals surface area contributed by atoms with Crippen molar-refractivity contribution >= 4 is 28.3 Å². The maximum Gasteiger partial charge on any atom is 0.276 e. The average Bonchev–Trinajstić information content (AvgIpc) is 2.83. The van der Waals surface area contributed by atoms with Crippen molar-refractivity contribution in [1.82, 2.24) is 19.6 Å². The third-order valence-corrected chi connectivity index (χ3v) is 2.42. The van der Waals surface area contributed by atoms with Crippen LogP contribution in [0.25, 0.3) is 0 Å². The van der Waals surface area contributed by atoms with Crippen LogP contribution in [0, 0.1) is 0 Å². The number of rotatable bonds is 4. The number of hydrogen-bond acceptors (Lipinski definition) is 7. The van der Waals surface area contributed by atoms with Gasteiger partial charge in [0.2, 0.25) is 0 Å². The lowest BCUT2D eigenvalue weighted by atomic mass is 10.4. The molecule has 17 heavy (non-hydrogen) atoms. The standard InChI is InChI=1S/C9H10N6OS/c1-2-10-7-4-11-6(3-12-7)9(16)14-8-5-13-15-17-8/h3-5H,2H2,1H3,(H,10,12)(H,14,16). The van der Waals surface area contributed by atoms with Crippen LogP contribution in [0.4, 0.5) is 10.8 Å². The molecule has 2 aromatic heterocycles. The second-order valence-corrected chi connectivity index (χ2v) is 3.84. The van der Waals surface area contributed by atoms with E-state index in [0.29, 0.717) is 10.8 Å². The van der Waals surface area contributed by atoms with Gasteiger partial charge in [-0.05, 0) is 6.92 Å². The number of amides is 1. The minimum absolute atomic E-state index is 0.250. The molecule has 0 bridgehead atoms. The second-order valence-electron chi connectivity index (χ2n) is 3.05. The third kappa shape index (κ3) is 2.94. The number of aromatic nitrogens is 4. The molecule has 0 atom stereocenters. The number of carbonyl (C=O) groups is 1. The van der Waals surface area contributed by atoms with Crippen molar-refractivity contribution in [1.29, 1.82) is 0 Å². The van der Waals surface area contributed by atoms with Gasteiger partial charge in [0, 0.05) is 18.1 Å². The Morgan fingerprint density at radius 2 is 2.24 bits per heavy atom. The first kappa shape index (κ1) is 11.4. The van der Waals surface area contributed by atoms with Gasteiger partial charge < -0.3 is 10.6 Å². The Bertz CT molecular complexity index is 483. The fourth-order valence-electron chi connectivity index (χ4n) is 1.12. The molecule has 0 aliphatic rings. The summed E-state index contributed by atoms with van der Waals surface area (Å²) >= 11 is 1.10. The van der Waals surface area contributed by atoms with Gasteiger partial charge in [0.25, 0.3) is 5.91 Å². The van der Waals surface area contributed by atoms with Gasteiger partial charge in [-0.15, -0.1) is 5.10 Å². The zero-order valence-corrected chi connectivity index (χ0v) is 9.86. The van der Waals surface area contributed by atoms with E-state index in [1.165, 1.54) is 18.6 Å². The minimum Gasteiger partial charge on any atom is -0.369 e. The zero-order valence-electron chi connectivity index (χ0n) is 9.04. The summed E-state index contributed by atoms with van der Waals surface area (Å²) in [5.41, 5.74) is 0.250. The molecule has 0 aliphatic heterocycles. The largest absolute Gasteiger partial charge is 0.369 e. The predicted octanol–water partition coefficient (Wildman–Crippen LogP) is 1.01. The zero-order chi connectivity index (χ0) is 12.1. The van der Waals surface area contributed by atoms with Crippen molar-refractivity contribution < 1.29 is 4.79 Å². The molecular weight excluding hydrogens is 240 g/mol. The van der Waals surface area contributed by atoms with E-state index in [1.54, 1.807) is 0 Å². The van der Waals surface area contributed by atoms with E-state index in [0.717, 1.165) is 18.1 Å². The molecule has 2 rings (SSSR count). The fourth-order valence-corrected chi connectivity index (χ4v) is 1.53. The normalized spacial score (nSPS) is 9.94. The van der Waals surface area contributed by atoms with Crippen molar-refractivity contribution in [2.45, 2.75) is 6.92 Å². The number of nitrogens with zero attached hydrogens (tertiary/aromatic N) is 4. The molecule has 0 fully saturated rings. The number of carbonyl (C=O) groups excluding carboxylic acids is 1. The molecule has 2 N–H and O–H groups in total. The monoisotopic (exact) mass is 250 g/mol. The number of anilines is 2. The quantitative estimate of drug-likeness (QED) is 0.841. The number of nitrogens with one attached hydrogen (secondary N) is 2. The smallest absolute Gasteiger partial charge is 0.276 e. The van der Waals surface area contributed by atoms with Gasteiger partial charge in [0.1, 0.15) is 16.5 Å². The lowest BCUT2D eigenvalue weighted by Gasteiger charge is -2.03. The van der Waals surface area contributed by atoms with Crippen LogP contribution in [0.2, 0.25) is 0 Å². The predicted molar refractivity (Wildman–Crippen MR) is 64.1 cm³/mol. The Balaban J connectivity index is 2.04. The van der Waals surface area contributed by atoms with Gasteiger partial charge in [-0.1, -0.05) is 4.49 Å². The van der Waals surface area contributed by atoms with Crippen LogP contribution < -0.4 is 10.6 Å². The Morgan fingerprint density at radius 1 is 1.35 bits per heavy atom. The molecule has 8 heteroatoms. The van der Waals surface area contributed by atoms with E-state index in [4.69, 9.17) is 0 Å². The molecule has 88 valence electrons. The van der Waals surface area contributed by atoms with Crippen LogP contribution in [0.3, 0.4) is 0 Å². The molecule has 0 aliphatic carbocycles. The van der Waals surface area contributed by atoms with Gasteiger partial charge in [-0.3, -0.25) is 4.79 Å². The molecule has 0 saturated heterocycles. The summed E-state index contributed by atoms with van der Waals surface area (Å²) in [5, 5.41) is 9.81. The van der Waals surface area contributed by atoms with Gasteiger partial charge in [0.15, 0.2) is 0 Å². The summed E-state index contributed by atoms with van der Waals surface area (Å²) in [5.74, 6) is 0.315. The summed E-state index contributed by atoms with van der Waals surface area (Å²) in [6, 6.07) is 0. The molecule has 2 aromatic rings. The fraction of sp³-hybridized carbons (Fsp3) is 0.222. The van der Waals surface area contributed by atoms with E-state index in [9.17, 15) is 4.79 Å². The molecule has 7 nitrogen and oxygen atoms in total. The van der Waals surface area contributed by atoms with Gasteiger partial charge >= 0.3 is 0 Å². The first-order valence-electron chi connectivity index (χ1n) is 4.94. The van der Waals surface area contributed by atoms with Crippen molar-refractivity contribution in [2.75, 3.05) is 17.2 Å². The Labute approximate surface area is 101 Å². The molecule has 1 amide bonds. The molecular formula is C9H10N6OS. The topological polar surface area (TPSA) is 92.7 Å². The lowest BCUT2D eigenvalue weighted by Crippen LogP contribution is -2.13. The molecule has 0 spiro atoms. The summed E-state index contributed by atoms with van der Waals surface area (Å²) < 4.78 is 3.64. The van der Waals surface area contributed by atoms with Crippen LogP contribution >= 0.6 is 11.5 Å². The molecule has 0 radical (unpaired) electrons. The van der Waals surface area contributed by atoms with Gasteiger partial charge in [-0.2, -0.15) is 0 Å². The summed E-state index contributed by atoms with van der Waals surface area (Å²) in [4.78, 5) is 19.8. The SMILES string of the molecule is CCNc1cnc(C(=O)Nc2cnns2)cn1. The Kier molecular flexibility index (Phi) is 3.55. The molecule has 2 heterocycles. The van der Waals surface area contributed by atoms with Crippen LogP contribution in [-0.4, -0.2) is 32.0 Å². The highest BCUT2D eigenvalue weighted by atomic mass is 32.1. The second kappa shape index (κ2) is 5.30. The minimum atomic E-state index is -0.327. The first-order chi connectivity index (χ1) is 8.29. The maximum atomic E-state index is 11.7. The highest BCUT2D eigenvalue weighted by Crippen LogP contribution is 2.10. The van der Waals surface area contributed by atoms with Crippen LogP contribution in [-0.2, 0) is 0 Å². The van der Waals surface area contributed by atoms with E-state index in [1.807, 2.05) is 6.92 Å². The maximum absolute atomic E-state index is 11.7. The molecule has 0 aromatic carbocycles. The third-order valence-electron chi connectivity index (χ3n) is 1.84. The summed E-state index contributed by atoms with van der Waals surface area (Å²) in [6.45, 7) is 2.71. The van der Waals surface area contributed by atoms with Gasteiger partial charge in [0.05, 0.1) is 18.6 Å². The van der Waals surface area contributed by atoms with Crippen molar-refractivity contribution in [3.05, 3.63) is 24.3 Å². The Hall–Kier alpha value is -2.09. The number of hydrogen-bond donors (Lipinski definition) is 2. The lowest BCUT2D eigenvalue weighted by molar-refractivity contribution is 0.102. The average molecular weight is 250 g/mol. The molecule has 0 unspecified atom stereocenters. The first-order valence-corrected chi connectivity index (χ1v) is 5.71. The summed E-state index contributed by atoms with van der Waals surface area (Å²) in [7, 11) is 0. The summed E-state index contributed by atoms with van der Waals surface area (Å²) in [6.07, 6.45) is 4.41. The van der Waals surface area contributed by atoms with E-state index >= 15 is 0 Å².